The average Bonchev–Trinajstić information content (AvgIpc) is 3.01. The predicted octanol–water partition coefficient (Wildman–Crippen LogP) is 7.73. The first-order valence-corrected chi connectivity index (χ1v) is 18.8. The van der Waals surface area contributed by atoms with Gasteiger partial charge in [-0.3, -0.25) is 4.90 Å². The third-order valence-corrected chi connectivity index (χ3v) is 10.6. The molecule has 0 radical (unpaired) electrons. The molecular formula is C37H71NO7. The Hall–Kier alpha value is -0.930. The highest BCUT2D eigenvalue weighted by Crippen LogP contribution is 2.41. The Morgan fingerprint density at radius 2 is 1.22 bits per heavy atom. The average molecular weight is 642 g/mol. The number of amides is 1. The molecule has 8 nitrogen and oxygen atoms in total. The summed E-state index contributed by atoms with van der Waals surface area (Å²) in [4.78, 5) is 14.9. The van der Waals surface area contributed by atoms with Crippen molar-refractivity contribution in [3.8, 4) is 0 Å². The first kappa shape index (κ1) is 40.2. The zero-order valence-electron chi connectivity index (χ0n) is 29.6. The molecule has 6 atom stereocenters. The number of aliphatic hydroxyl groups is 4. The second-order valence-corrected chi connectivity index (χ2v) is 15.3. The second-order valence-electron chi connectivity index (χ2n) is 15.3. The Morgan fingerprint density at radius 3 is 1.67 bits per heavy atom. The summed E-state index contributed by atoms with van der Waals surface area (Å²) >= 11 is 0. The van der Waals surface area contributed by atoms with Crippen LogP contribution < -0.4 is 0 Å². The molecule has 0 spiro atoms. The van der Waals surface area contributed by atoms with Gasteiger partial charge in [0.05, 0.1) is 6.61 Å². The van der Waals surface area contributed by atoms with Gasteiger partial charge >= 0.3 is 6.09 Å². The molecule has 1 saturated heterocycles. The van der Waals surface area contributed by atoms with Crippen LogP contribution >= 0.6 is 0 Å². The number of rotatable bonds is 21. The van der Waals surface area contributed by atoms with Gasteiger partial charge in [0.15, 0.2) is 6.23 Å². The van der Waals surface area contributed by atoms with Crippen molar-refractivity contribution in [1.82, 2.24) is 4.90 Å². The molecule has 0 aromatic rings. The molecule has 1 aliphatic carbocycles. The molecule has 2 rings (SSSR count). The standard InChI is InChI=1S/C37H71NO7/c1-6-7-8-9-10-11-12-13-14-15-16-17-18-19-20-21-26-38(35-34(42)33(41)32(40)31(27-39)45-35)36(43)44-28(2)29-22-24-30(25-23-29)37(3,4)5/h28-35,39-42H,6-27H2,1-5H3/t28?,29?,30?,31-,32+,33+,34-,35?/m1/s1. The lowest BCUT2D eigenvalue weighted by Crippen LogP contribution is -2.64. The number of carbonyl (C=O) groups excluding carboxylic acids is 1. The van der Waals surface area contributed by atoms with E-state index in [1.807, 2.05) is 6.92 Å². The zero-order valence-corrected chi connectivity index (χ0v) is 29.6. The summed E-state index contributed by atoms with van der Waals surface area (Å²) in [7, 11) is 0. The van der Waals surface area contributed by atoms with Crippen molar-refractivity contribution in [2.24, 2.45) is 17.3 Å². The van der Waals surface area contributed by atoms with Gasteiger partial charge in [0.25, 0.3) is 0 Å². The van der Waals surface area contributed by atoms with E-state index in [2.05, 4.69) is 27.7 Å². The number of nitrogens with zero attached hydrogens (tertiary/aromatic N) is 1. The molecule has 1 saturated carbocycles. The van der Waals surface area contributed by atoms with Gasteiger partial charge in [-0.25, -0.2) is 4.79 Å². The number of ether oxygens (including phenoxy) is 2. The highest BCUT2D eigenvalue weighted by atomic mass is 16.6. The van der Waals surface area contributed by atoms with E-state index < -0.39 is 43.3 Å². The van der Waals surface area contributed by atoms with Crippen molar-refractivity contribution in [1.29, 1.82) is 0 Å². The molecule has 8 heteroatoms. The molecule has 2 aliphatic rings. The van der Waals surface area contributed by atoms with E-state index in [9.17, 15) is 25.2 Å². The van der Waals surface area contributed by atoms with Crippen molar-refractivity contribution >= 4 is 6.09 Å². The quantitative estimate of drug-likeness (QED) is 0.0947. The van der Waals surface area contributed by atoms with Crippen molar-refractivity contribution in [2.45, 2.75) is 200 Å². The van der Waals surface area contributed by atoms with Crippen LogP contribution in [0.15, 0.2) is 0 Å². The maximum absolute atomic E-state index is 13.5. The summed E-state index contributed by atoms with van der Waals surface area (Å²) in [5.74, 6) is 0.942. The summed E-state index contributed by atoms with van der Waals surface area (Å²) in [5.41, 5.74) is 0.276. The topological polar surface area (TPSA) is 120 Å². The number of unbranched alkanes of at least 4 members (excludes halogenated alkanes) is 15. The molecule has 0 aromatic heterocycles. The van der Waals surface area contributed by atoms with Crippen LogP contribution in [0.4, 0.5) is 4.79 Å². The number of carbonyl (C=O) groups is 1. The summed E-state index contributed by atoms with van der Waals surface area (Å²) in [5, 5.41) is 41.2. The smallest absolute Gasteiger partial charge is 0.412 e. The lowest BCUT2D eigenvalue weighted by atomic mass is 9.69. The SMILES string of the molecule is CCCCCCCCCCCCCCCCCCN(C(=O)OC(C)C1CCC(C(C)(C)C)CC1)C1O[C@H](CO)[C@H](O)[C@H](O)[C@H]1O. The van der Waals surface area contributed by atoms with Gasteiger partial charge in [-0.15, -0.1) is 0 Å². The summed E-state index contributed by atoms with van der Waals surface area (Å²) in [6.07, 6.45) is 16.6. The Morgan fingerprint density at radius 1 is 0.756 bits per heavy atom. The van der Waals surface area contributed by atoms with E-state index in [1.54, 1.807) is 0 Å². The van der Waals surface area contributed by atoms with Gasteiger partial charge in [-0.1, -0.05) is 124 Å². The first-order valence-electron chi connectivity index (χ1n) is 18.8. The van der Waals surface area contributed by atoms with Crippen LogP contribution in [-0.4, -0.2) is 81.3 Å². The van der Waals surface area contributed by atoms with Crippen LogP contribution in [0.3, 0.4) is 0 Å². The third-order valence-electron chi connectivity index (χ3n) is 10.6. The maximum Gasteiger partial charge on any atom is 0.412 e. The van der Waals surface area contributed by atoms with E-state index in [0.717, 1.165) is 44.9 Å². The van der Waals surface area contributed by atoms with E-state index in [1.165, 1.54) is 81.9 Å². The molecule has 1 aliphatic heterocycles. The summed E-state index contributed by atoms with van der Waals surface area (Å²) in [6.45, 7) is 10.9. The monoisotopic (exact) mass is 642 g/mol. The number of hydrogen-bond donors (Lipinski definition) is 4. The second kappa shape index (κ2) is 21.8. The van der Waals surface area contributed by atoms with Crippen LogP contribution in [0.1, 0.15) is 163 Å². The van der Waals surface area contributed by atoms with Crippen LogP contribution in [0.25, 0.3) is 0 Å². The van der Waals surface area contributed by atoms with Gasteiger partial charge in [0.2, 0.25) is 0 Å². The Bertz CT molecular complexity index is 764. The fourth-order valence-corrected chi connectivity index (χ4v) is 7.27. The minimum Gasteiger partial charge on any atom is -0.446 e. The Labute approximate surface area is 275 Å². The molecule has 45 heavy (non-hydrogen) atoms. The largest absolute Gasteiger partial charge is 0.446 e. The lowest BCUT2D eigenvalue weighted by molar-refractivity contribution is -0.260. The van der Waals surface area contributed by atoms with Gasteiger partial charge in [-0.2, -0.15) is 0 Å². The van der Waals surface area contributed by atoms with Crippen LogP contribution in [0.5, 0.6) is 0 Å². The maximum atomic E-state index is 13.5. The third kappa shape index (κ3) is 14.4. The van der Waals surface area contributed by atoms with E-state index in [0.29, 0.717) is 18.9 Å². The summed E-state index contributed by atoms with van der Waals surface area (Å²) < 4.78 is 11.8. The first-order chi connectivity index (χ1) is 21.5. The van der Waals surface area contributed by atoms with Crippen LogP contribution in [0.2, 0.25) is 0 Å². The highest BCUT2D eigenvalue weighted by Gasteiger charge is 2.47. The van der Waals surface area contributed by atoms with Crippen LogP contribution in [-0.2, 0) is 9.47 Å². The van der Waals surface area contributed by atoms with E-state index in [4.69, 9.17) is 9.47 Å². The fourth-order valence-electron chi connectivity index (χ4n) is 7.27. The minimum atomic E-state index is -1.54. The van der Waals surface area contributed by atoms with Crippen molar-refractivity contribution in [2.75, 3.05) is 13.2 Å². The molecule has 0 aromatic carbocycles. The summed E-state index contributed by atoms with van der Waals surface area (Å²) in [6, 6.07) is 0. The fraction of sp³-hybridized carbons (Fsp3) is 0.973. The number of aliphatic hydroxyl groups excluding tert-OH is 4. The molecule has 1 heterocycles. The van der Waals surface area contributed by atoms with E-state index >= 15 is 0 Å². The Kier molecular flexibility index (Phi) is 19.5. The molecule has 1 amide bonds. The van der Waals surface area contributed by atoms with Crippen molar-refractivity contribution in [3.05, 3.63) is 0 Å². The zero-order chi connectivity index (χ0) is 33.2. The molecule has 266 valence electrons. The van der Waals surface area contributed by atoms with Crippen molar-refractivity contribution < 1.29 is 34.7 Å². The van der Waals surface area contributed by atoms with Crippen LogP contribution in [0, 0.1) is 17.3 Å². The molecule has 4 N–H and O–H groups in total. The van der Waals surface area contributed by atoms with E-state index in [-0.39, 0.29) is 17.4 Å². The minimum absolute atomic E-state index is 0.276. The van der Waals surface area contributed by atoms with Gasteiger partial charge in [0, 0.05) is 6.54 Å². The molecule has 2 unspecified atom stereocenters. The molecular weight excluding hydrogens is 570 g/mol. The normalized spacial score (nSPS) is 28.2. The van der Waals surface area contributed by atoms with Gasteiger partial charge in [-0.05, 0) is 56.3 Å². The van der Waals surface area contributed by atoms with Gasteiger partial charge < -0.3 is 29.9 Å². The van der Waals surface area contributed by atoms with Crippen molar-refractivity contribution in [3.63, 3.8) is 0 Å². The van der Waals surface area contributed by atoms with Gasteiger partial charge in [0.1, 0.15) is 30.5 Å². The Balaban J connectivity index is 1.77. The molecule has 0 bridgehead atoms. The molecule has 2 fully saturated rings. The number of hydrogen-bond acceptors (Lipinski definition) is 7. The predicted molar refractivity (Wildman–Crippen MR) is 181 cm³/mol. The highest BCUT2D eigenvalue weighted by molar-refractivity contribution is 5.68. The lowest BCUT2D eigenvalue weighted by Gasteiger charge is -2.44.